The van der Waals surface area contributed by atoms with Gasteiger partial charge in [0.25, 0.3) is 0 Å². The summed E-state index contributed by atoms with van der Waals surface area (Å²) in [5.74, 6) is 0. The third-order valence-corrected chi connectivity index (χ3v) is 2.85. The van der Waals surface area contributed by atoms with E-state index in [1.54, 1.807) is 0 Å². The van der Waals surface area contributed by atoms with Crippen LogP contribution >= 0.6 is 0 Å². The summed E-state index contributed by atoms with van der Waals surface area (Å²) in [6.45, 7) is 2.90. The van der Waals surface area contributed by atoms with Crippen LogP contribution in [0.25, 0.3) is 0 Å². The summed E-state index contributed by atoms with van der Waals surface area (Å²) < 4.78 is 5.64. The molecule has 0 fully saturated rings. The average Bonchev–Trinajstić information content (AvgIpc) is 2.46. The maximum absolute atomic E-state index is 9.61. The Balaban J connectivity index is 2.39. The summed E-state index contributed by atoms with van der Waals surface area (Å²) in [6, 6.07) is 5.98. The minimum atomic E-state index is -0.640. The minimum Gasteiger partial charge on any atom is -0.371 e. The molecule has 0 amide bonds. The van der Waals surface area contributed by atoms with Crippen LogP contribution < -0.4 is 11.1 Å². The van der Waals surface area contributed by atoms with E-state index >= 15 is 0 Å². The van der Waals surface area contributed by atoms with Crippen molar-refractivity contribution in [3.8, 4) is 0 Å². The molecule has 1 heterocycles. The van der Waals surface area contributed by atoms with Crippen LogP contribution in [0.3, 0.4) is 0 Å². The SMILES string of the molecule is CC[C@@H]1OC[C@@H](O)Nc2ccc(CN)cc21. The molecule has 0 saturated heterocycles. The van der Waals surface area contributed by atoms with E-state index in [2.05, 4.69) is 18.3 Å². The fraction of sp³-hybridized carbons (Fsp3) is 0.500. The maximum Gasteiger partial charge on any atom is 0.148 e. The molecule has 0 radical (unpaired) electrons. The molecule has 1 aliphatic heterocycles. The molecule has 0 aliphatic carbocycles. The quantitative estimate of drug-likeness (QED) is 0.706. The van der Waals surface area contributed by atoms with Gasteiger partial charge >= 0.3 is 0 Å². The molecule has 1 aliphatic rings. The van der Waals surface area contributed by atoms with Crippen molar-refractivity contribution in [3.63, 3.8) is 0 Å². The largest absolute Gasteiger partial charge is 0.371 e. The van der Waals surface area contributed by atoms with E-state index in [9.17, 15) is 5.11 Å². The number of hydrogen-bond donors (Lipinski definition) is 3. The van der Waals surface area contributed by atoms with E-state index in [1.165, 1.54) is 0 Å². The Morgan fingerprint density at radius 3 is 3.06 bits per heavy atom. The molecule has 1 aromatic carbocycles. The normalized spacial score (nSPS) is 24.4. The first-order valence-electron chi connectivity index (χ1n) is 5.63. The molecule has 4 nitrogen and oxygen atoms in total. The first-order valence-corrected chi connectivity index (χ1v) is 5.63. The first kappa shape index (κ1) is 11.4. The fourth-order valence-electron chi connectivity index (χ4n) is 1.99. The van der Waals surface area contributed by atoms with E-state index < -0.39 is 6.23 Å². The Labute approximate surface area is 95.4 Å². The van der Waals surface area contributed by atoms with E-state index in [-0.39, 0.29) is 6.10 Å². The lowest BCUT2D eigenvalue weighted by atomic mass is 10.0. The van der Waals surface area contributed by atoms with Gasteiger partial charge in [-0.1, -0.05) is 13.0 Å². The predicted octanol–water partition coefficient (Wildman–Crippen LogP) is 1.36. The molecule has 0 bridgehead atoms. The summed E-state index contributed by atoms with van der Waals surface area (Å²) in [5, 5.41) is 12.6. The Bertz CT molecular complexity index is 368. The Hall–Kier alpha value is -1.10. The van der Waals surface area contributed by atoms with Gasteiger partial charge in [-0.15, -0.1) is 0 Å². The molecule has 1 aromatic rings. The molecule has 2 atom stereocenters. The average molecular weight is 222 g/mol. The number of rotatable bonds is 2. The summed E-state index contributed by atoms with van der Waals surface area (Å²) in [6.07, 6.45) is 0.278. The highest BCUT2D eigenvalue weighted by Crippen LogP contribution is 2.32. The van der Waals surface area contributed by atoms with Crippen molar-refractivity contribution < 1.29 is 9.84 Å². The molecule has 88 valence electrons. The number of nitrogens with one attached hydrogen (secondary N) is 1. The second kappa shape index (κ2) is 4.82. The van der Waals surface area contributed by atoms with Crippen molar-refractivity contribution in [1.82, 2.24) is 0 Å². The van der Waals surface area contributed by atoms with Crippen molar-refractivity contribution in [1.29, 1.82) is 0 Å². The van der Waals surface area contributed by atoms with Crippen molar-refractivity contribution in [2.75, 3.05) is 11.9 Å². The lowest BCUT2D eigenvalue weighted by Gasteiger charge is -2.16. The zero-order valence-electron chi connectivity index (χ0n) is 9.44. The number of anilines is 1. The van der Waals surface area contributed by atoms with Crippen LogP contribution in [-0.2, 0) is 11.3 Å². The monoisotopic (exact) mass is 222 g/mol. The van der Waals surface area contributed by atoms with Crippen LogP contribution in [0, 0.1) is 0 Å². The summed E-state index contributed by atoms with van der Waals surface area (Å²) >= 11 is 0. The van der Waals surface area contributed by atoms with E-state index in [0.717, 1.165) is 23.2 Å². The van der Waals surface area contributed by atoms with Gasteiger partial charge in [0, 0.05) is 17.8 Å². The molecule has 0 spiro atoms. The van der Waals surface area contributed by atoms with E-state index in [0.29, 0.717) is 13.2 Å². The minimum absolute atomic E-state index is 0.0335. The molecule has 0 aromatic heterocycles. The van der Waals surface area contributed by atoms with Crippen LogP contribution in [0.5, 0.6) is 0 Å². The van der Waals surface area contributed by atoms with Gasteiger partial charge in [0.2, 0.25) is 0 Å². The summed E-state index contributed by atoms with van der Waals surface area (Å²) in [7, 11) is 0. The van der Waals surface area contributed by atoms with Crippen molar-refractivity contribution in [3.05, 3.63) is 29.3 Å². The number of nitrogens with two attached hydrogens (primary N) is 1. The molecular formula is C12H18N2O2. The van der Waals surface area contributed by atoms with Crippen molar-refractivity contribution >= 4 is 5.69 Å². The lowest BCUT2D eigenvalue weighted by molar-refractivity contribution is 0.00358. The Kier molecular flexibility index (Phi) is 3.43. The Morgan fingerprint density at radius 1 is 1.56 bits per heavy atom. The van der Waals surface area contributed by atoms with Gasteiger partial charge in [0.15, 0.2) is 0 Å². The zero-order chi connectivity index (χ0) is 11.5. The molecule has 0 saturated carbocycles. The predicted molar refractivity (Wildman–Crippen MR) is 62.9 cm³/mol. The fourth-order valence-corrected chi connectivity index (χ4v) is 1.99. The van der Waals surface area contributed by atoms with Crippen LogP contribution in [0.2, 0.25) is 0 Å². The van der Waals surface area contributed by atoms with E-state index in [4.69, 9.17) is 10.5 Å². The number of aliphatic hydroxyl groups excluding tert-OH is 1. The van der Waals surface area contributed by atoms with E-state index in [1.807, 2.05) is 12.1 Å². The number of hydrogen-bond acceptors (Lipinski definition) is 4. The second-order valence-corrected chi connectivity index (χ2v) is 4.02. The number of aliphatic hydroxyl groups is 1. The lowest BCUT2D eigenvalue weighted by Crippen LogP contribution is -2.22. The number of benzene rings is 1. The highest BCUT2D eigenvalue weighted by Gasteiger charge is 2.21. The third kappa shape index (κ3) is 2.19. The topological polar surface area (TPSA) is 67.5 Å². The van der Waals surface area contributed by atoms with Crippen LogP contribution in [0.4, 0.5) is 5.69 Å². The smallest absolute Gasteiger partial charge is 0.148 e. The molecule has 4 N–H and O–H groups in total. The van der Waals surface area contributed by atoms with Gasteiger partial charge in [-0.3, -0.25) is 0 Å². The third-order valence-electron chi connectivity index (χ3n) is 2.85. The van der Waals surface area contributed by atoms with Crippen LogP contribution in [-0.4, -0.2) is 17.9 Å². The van der Waals surface area contributed by atoms with Crippen LogP contribution in [0.1, 0.15) is 30.6 Å². The highest BCUT2D eigenvalue weighted by atomic mass is 16.5. The molecule has 4 heteroatoms. The van der Waals surface area contributed by atoms with Gasteiger partial charge in [-0.25, -0.2) is 0 Å². The Morgan fingerprint density at radius 2 is 2.38 bits per heavy atom. The van der Waals surface area contributed by atoms with Gasteiger partial charge in [-0.05, 0) is 24.1 Å². The van der Waals surface area contributed by atoms with Crippen LogP contribution in [0.15, 0.2) is 18.2 Å². The van der Waals surface area contributed by atoms with Gasteiger partial charge in [0.1, 0.15) is 6.23 Å². The maximum atomic E-state index is 9.61. The molecule has 0 unspecified atom stereocenters. The zero-order valence-corrected chi connectivity index (χ0v) is 9.44. The van der Waals surface area contributed by atoms with Gasteiger partial charge in [-0.2, -0.15) is 0 Å². The summed E-state index contributed by atoms with van der Waals surface area (Å²) in [5.41, 5.74) is 8.73. The second-order valence-electron chi connectivity index (χ2n) is 4.02. The first-order chi connectivity index (χ1) is 7.74. The van der Waals surface area contributed by atoms with Gasteiger partial charge < -0.3 is 20.9 Å². The highest BCUT2D eigenvalue weighted by molar-refractivity contribution is 5.54. The number of ether oxygens (including phenoxy) is 1. The molecule has 2 rings (SSSR count). The van der Waals surface area contributed by atoms with Crippen molar-refractivity contribution in [2.24, 2.45) is 5.73 Å². The standard InChI is InChI=1S/C12H18N2O2/c1-2-11-9-5-8(6-13)3-4-10(9)14-12(15)7-16-11/h3-5,11-12,14-15H,2,6-7,13H2,1H3/t11-,12+/m0/s1. The molecule has 16 heavy (non-hydrogen) atoms. The molecular weight excluding hydrogens is 204 g/mol. The summed E-state index contributed by atoms with van der Waals surface area (Å²) in [4.78, 5) is 0. The van der Waals surface area contributed by atoms with Crippen molar-refractivity contribution in [2.45, 2.75) is 32.2 Å². The number of fused-ring (bicyclic) bond motifs is 1. The van der Waals surface area contributed by atoms with Gasteiger partial charge in [0.05, 0.1) is 12.7 Å².